The molecule has 3 rings (SSSR count). The maximum atomic E-state index is 5.59. The van der Waals surface area contributed by atoms with Crippen molar-refractivity contribution in [2.24, 2.45) is 0 Å². The Bertz CT molecular complexity index is 552. The van der Waals surface area contributed by atoms with Crippen LogP contribution in [0, 0.1) is 0 Å². The molecule has 1 heterocycles. The third-order valence-corrected chi connectivity index (χ3v) is 4.27. The van der Waals surface area contributed by atoms with E-state index in [0.29, 0.717) is 17.8 Å². The molecule has 1 aromatic heterocycles. The van der Waals surface area contributed by atoms with Crippen LogP contribution in [-0.2, 0) is 0 Å². The van der Waals surface area contributed by atoms with Crippen molar-refractivity contribution in [3.05, 3.63) is 36.2 Å². The lowest BCUT2D eigenvalue weighted by Crippen LogP contribution is -2.34. The molecule has 1 fully saturated rings. The molecule has 4 heteroatoms. The van der Waals surface area contributed by atoms with Crippen molar-refractivity contribution in [2.75, 3.05) is 6.54 Å². The van der Waals surface area contributed by atoms with Gasteiger partial charge in [0, 0.05) is 11.6 Å². The number of rotatable bonds is 4. The van der Waals surface area contributed by atoms with E-state index in [1.807, 2.05) is 30.3 Å². The van der Waals surface area contributed by atoms with Gasteiger partial charge in [0.25, 0.3) is 0 Å². The van der Waals surface area contributed by atoms with Gasteiger partial charge in [0.2, 0.25) is 11.7 Å². The molecule has 2 unspecified atom stereocenters. The Morgan fingerprint density at radius 3 is 2.76 bits per heavy atom. The first-order valence-corrected chi connectivity index (χ1v) is 8.01. The molecule has 1 N–H and O–H groups in total. The molecule has 1 aliphatic rings. The van der Waals surface area contributed by atoms with Gasteiger partial charge in [-0.15, -0.1) is 0 Å². The van der Waals surface area contributed by atoms with Crippen molar-refractivity contribution in [3.8, 4) is 11.4 Å². The largest absolute Gasteiger partial charge is 0.339 e. The molecule has 0 bridgehead atoms. The number of likely N-dealkylation sites (N-methyl/N-ethyl adjacent to an activating group) is 1. The summed E-state index contributed by atoms with van der Waals surface area (Å²) in [4.78, 5) is 4.66. The molecule has 2 atom stereocenters. The van der Waals surface area contributed by atoms with Crippen LogP contribution in [0.25, 0.3) is 11.4 Å². The Morgan fingerprint density at radius 1 is 1.14 bits per heavy atom. The van der Waals surface area contributed by atoms with Crippen LogP contribution in [0.3, 0.4) is 0 Å². The van der Waals surface area contributed by atoms with E-state index >= 15 is 0 Å². The molecular weight excluding hydrogens is 262 g/mol. The monoisotopic (exact) mass is 285 g/mol. The van der Waals surface area contributed by atoms with E-state index in [2.05, 4.69) is 22.4 Å². The van der Waals surface area contributed by atoms with E-state index in [-0.39, 0.29) is 0 Å². The van der Waals surface area contributed by atoms with Crippen molar-refractivity contribution in [3.63, 3.8) is 0 Å². The Kier molecular flexibility index (Phi) is 4.65. The maximum Gasteiger partial charge on any atom is 0.231 e. The highest BCUT2D eigenvalue weighted by Gasteiger charge is 2.29. The fourth-order valence-corrected chi connectivity index (χ4v) is 3.20. The molecule has 1 aromatic carbocycles. The van der Waals surface area contributed by atoms with Gasteiger partial charge in [-0.2, -0.15) is 4.98 Å². The molecule has 0 saturated heterocycles. The highest BCUT2D eigenvalue weighted by Crippen LogP contribution is 2.32. The van der Waals surface area contributed by atoms with Crippen LogP contribution < -0.4 is 5.32 Å². The summed E-state index contributed by atoms with van der Waals surface area (Å²) >= 11 is 0. The first-order valence-electron chi connectivity index (χ1n) is 8.01. The van der Waals surface area contributed by atoms with Crippen LogP contribution in [-0.4, -0.2) is 22.7 Å². The van der Waals surface area contributed by atoms with E-state index in [1.54, 1.807) is 0 Å². The van der Waals surface area contributed by atoms with Crippen LogP contribution in [0.5, 0.6) is 0 Å². The van der Waals surface area contributed by atoms with Crippen molar-refractivity contribution in [2.45, 2.75) is 51.0 Å². The van der Waals surface area contributed by atoms with Gasteiger partial charge < -0.3 is 9.84 Å². The quantitative estimate of drug-likeness (QED) is 0.869. The molecule has 0 spiro atoms. The topological polar surface area (TPSA) is 51.0 Å². The van der Waals surface area contributed by atoms with Crippen molar-refractivity contribution in [1.82, 2.24) is 15.5 Å². The second kappa shape index (κ2) is 6.85. The molecule has 0 amide bonds. The van der Waals surface area contributed by atoms with E-state index in [1.165, 1.54) is 25.7 Å². The zero-order valence-corrected chi connectivity index (χ0v) is 12.6. The Labute approximate surface area is 126 Å². The van der Waals surface area contributed by atoms with Gasteiger partial charge in [0.15, 0.2) is 0 Å². The predicted molar refractivity (Wildman–Crippen MR) is 83.0 cm³/mol. The minimum Gasteiger partial charge on any atom is -0.339 e. The molecular formula is C17H23N3O. The third kappa shape index (κ3) is 3.32. The van der Waals surface area contributed by atoms with Gasteiger partial charge in [-0.25, -0.2) is 0 Å². The maximum absolute atomic E-state index is 5.59. The van der Waals surface area contributed by atoms with Crippen LogP contribution in [0.2, 0.25) is 0 Å². The molecule has 1 saturated carbocycles. The fourth-order valence-electron chi connectivity index (χ4n) is 3.20. The third-order valence-electron chi connectivity index (χ3n) is 4.27. The highest BCUT2D eigenvalue weighted by molar-refractivity contribution is 5.53. The summed E-state index contributed by atoms with van der Waals surface area (Å²) in [6.07, 6.45) is 6.16. The summed E-state index contributed by atoms with van der Waals surface area (Å²) in [7, 11) is 0. The first kappa shape index (κ1) is 14.3. The molecule has 4 nitrogen and oxygen atoms in total. The number of benzene rings is 1. The van der Waals surface area contributed by atoms with Gasteiger partial charge in [-0.05, 0) is 19.4 Å². The normalized spacial score (nSPS) is 22.9. The SMILES string of the molecule is CCNC1CCCCCC1c1nc(-c2ccccc2)no1. The minimum atomic E-state index is 0.345. The summed E-state index contributed by atoms with van der Waals surface area (Å²) in [6.45, 7) is 3.14. The van der Waals surface area contributed by atoms with Gasteiger partial charge in [0.1, 0.15) is 0 Å². The summed E-state index contributed by atoms with van der Waals surface area (Å²) in [6, 6.07) is 10.5. The predicted octanol–water partition coefficient (Wildman–Crippen LogP) is 3.76. The summed E-state index contributed by atoms with van der Waals surface area (Å²) in [5.74, 6) is 1.84. The second-order valence-electron chi connectivity index (χ2n) is 5.73. The van der Waals surface area contributed by atoms with Crippen LogP contribution in [0.15, 0.2) is 34.9 Å². The van der Waals surface area contributed by atoms with E-state index in [9.17, 15) is 0 Å². The Balaban J connectivity index is 1.83. The minimum absolute atomic E-state index is 0.345. The standard InChI is InChI=1S/C17H23N3O/c1-2-18-15-12-8-4-7-11-14(15)17-19-16(20-21-17)13-9-5-3-6-10-13/h3,5-6,9-10,14-15,18H,2,4,7-8,11-12H2,1H3. The van der Waals surface area contributed by atoms with Crippen molar-refractivity contribution < 1.29 is 4.52 Å². The Hall–Kier alpha value is -1.68. The van der Waals surface area contributed by atoms with Gasteiger partial charge >= 0.3 is 0 Å². The van der Waals surface area contributed by atoms with Crippen LogP contribution in [0.1, 0.15) is 50.8 Å². The lowest BCUT2D eigenvalue weighted by molar-refractivity contribution is 0.306. The number of hydrogen-bond acceptors (Lipinski definition) is 4. The average Bonchev–Trinajstić information content (AvgIpc) is 2.90. The van der Waals surface area contributed by atoms with Gasteiger partial charge in [0.05, 0.1) is 5.92 Å². The first-order chi connectivity index (χ1) is 10.4. The lowest BCUT2D eigenvalue weighted by Gasteiger charge is -2.22. The van der Waals surface area contributed by atoms with Gasteiger partial charge in [-0.1, -0.05) is 61.7 Å². The summed E-state index contributed by atoms with van der Waals surface area (Å²) < 4.78 is 5.59. The molecule has 0 radical (unpaired) electrons. The number of nitrogens with zero attached hydrogens (tertiary/aromatic N) is 2. The number of nitrogens with one attached hydrogen (secondary N) is 1. The summed E-state index contributed by atoms with van der Waals surface area (Å²) in [5.41, 5.74) is 1.01. The highest BCUT2D eigenvalue weighted by atomic mass is 16.5. The van der Waals surface area contributed by atoms with E-state index in [4.69, 9.17) is 4.52 Å². The zero-order chi connectivity index (χ0) is 14.5. The van der Waals surface area contributed by atoms with Crippen LogP contribution >= 0.6 is 0 Å². The van der Waals surface area contributed by atoms with E-state index < -0.39 is 0 Å². The second-order valence-corrected chi connectivity index (χ2v) is 5.73. The van der Waals surface area contributed by atoms with Crippen molar-refractivity contribution in [1.29, 1.82) is 0 Å². The average molecular weight is 285 g/mol. The number of aromatic nitrogens is 2. The molecule has 112 valence electrons. The van der Waals surface area contributed by atoms with Crippen LogP contribution in [0.4, 0.5) is 0 Å². The van der Waals surface area contributed by atoms with E-state index in [0.717, 1.165) is 24.4 Å². The molecule has 2 aromatic rings. The molecule has 0 aliphatic heterocycles. The smallest absolute Gasteiger partial charge is 0.231 e. The Morgan fingerprint density at radius 2 is 1.95 bits per heavy atom. The number of hydrogen-bond donors (Lipinski definition) is 1. The molecule has 1 aliphatic carbocycles. The van der Waals surface area contributed by atoms with Gasteiger partial charge in [-0.3, -0.25) is 0 Å². The lowest BCUT2D eigenvalue weighted by atomic mass is 9.94. The fraction of sp³-hybridized carbons (Fsp3) is 0.529. The van der Waals surface area contributed by atoms with Crippen molar-refractivity contribution >= 4 is 0 Å². The zero-order valence-electron chi connectivity index (χ0n) is 12.6. The summed E-state index contributed by atoms with van der Waals surface area (Å²) in [5, 5.41) is 7.77. The molecule has 21 heavy (non-hydrogen) atoms.